The molecule has 0 aromatic carbocycles. The van der Waals surface area contributed by atoms with E-state index in [1.165, 1.54) is 32.5 Å². The van der Waals surface area contributed by atoms with Crippen LogP contribution in [0.2, 0.25) is 0 Å². The first-order valence-electron chi connectivity index (χ1n) is 5.25. The van der Waals surface area contributed by atoms with Crippen LogP contribution in [0.5, 0.6) is 0 Å². The van der Waals surface area contributed by atoms with Gasteiger partial charge in [-0.1, -0.05) is 0 Å². The Hall–Kier alpha value is -0.0800. The lowest BCUT2D eigenvalue weighted by Crippen LogP contribution is -2.53. The van der Waals surface area contributed by atoms with Crippen molar-refractivity contribution in [1.82, 2.24) is 10.2 Å². The van der Waals surface area contributed by atoms with E-state index in [0.717, 1.165) is 18.0 Å². The van der Waals surface area contributed by atoms with Gasteiger partial charge in [0, 0.05) is 31.7 Å². The van der Waals surface area contributed by atoms with Crippen molar-refractivity contribution < 1.29 is 0 Å². The first-order chi connectivity index (χ1) is 5.77. The minimum atomic E-state index is 0.730. The quantitative estimate of drug-likeness (QED) is 0.663. The number of nitrogens with one attached hydrogen (secondary N) is 1. The Morgan fingerprint density at radius 2 is 2.08 bits per heavy atom. The monoisotopic (exact) mass is 168 g/mol. The maximum atomic E-state index is 3.62. The second-order valence-electron chi connectivity index (χ2n) is 4.49. The van der Waals surface area contributed by atoms with Gasteiger partial charge in [-0.15, -0.1) is 0 Å². The summed E-state index contributed by atoms with van der Waals surface area (Å²) in [5.41, 5.74) is 0. The minimum absolute atomic E-state index is 0.730. The summed E-state index contributed by atoms with van der Waals surface area (Å²) in [7, 11) is 0. The van der Waals surface area contributed by atoms with E-state index in [1.807, 2.05) is 0 Å². The number of nitrogens with zero attached hydrogens (tertiary/aromatic N) is 1. The molecule has 1 N–H and O–H groups in total. The van der Waals surface area contributed by atoms with Crippen molar-refractivity contribution in [1.29, 1.82) is 0 Å². The highest BCUT2D eigenvalue weighted by Crippen LogP contribution is 2.33. The molecular formula is C10H20N2. The van der Waals surface area contributed by atoms with Crippen molar-refractivity contribution in [2.24, 2.45) is 5.92 Å². The molecule has 2 nitrogen and oxygen atoms in total. The smallest absolute Gasteiger partial charge is 0.0223 e. The van der Waals surface area contributed by atoms with Gasteiger partial charge in [-0.25, -0.2) is 0 Å². The van der Waals surface area contributed by atoms with E-state index in [4.69, 9.17) is 0 Å². The van der Waals surface area contributed by atoms with Crippen LogP contribution in [0.4, 0.5) is 0 Å². The van der Waals surface area contributed by atoms with Gasteiger partial charge < -0.3 is 5.32 Å². The Morgan fingerprint density at radius 3 is 2.67 bits per heavy atom. The van der Waals surface area contributed by atoms with Gasteiger partial charge in [-0.3, -0.25) is 4.90 Å². The van der Waals surface area contributed by atoms with Gasteiger partial charge in [-0.2, -0.15) is 0 Å². The molecule has 0 radical (unpaired) electrons. The molecule has 12 heavy (non-hydrogen) atoms. The number of rotatable bonds is 2. The molecule has 1 atom stereocenters. The standard InChI is InChI=1S/C10H20N2/c1-8(2)12-6-5-11-10(7-12)9-3-4-9/h8-11H,3-7H2,1-2H3. The molecule has 2 fully saturated rings. The van der Waals surface area contributed by atoms with Crippen molar-refractivity contribution in [3.63, 3.8) is 0 Å². The van der Waals surface area contributed by atoms with Crippen LogP contribution in [0, 0.1) is 5.92 Å². The fourth-order valence-electron chi connectivity index (χ4n) is 2.09. The van der Waals surface area contributed by atoms with Crippen molar-refractivity contribution >= 4 is 0 Å². The molecule has 2 heteroatoms. The normalized spacial score (nSPS) is 32.8. The van der Waals surface area contributed by atoms with Crippen molar-refractivity contribution in [3.8, 4) is 0 Å². The van der Waals surface area contributed by atoms with Gasteiger partial charge in [0.25, 0.3) is 0 Å². The van der Waals surface area contributed by atoms with Gasteiger partial charge in [0.15, 0.2) is 0 Å². The molecule has 0 amide bonds. The van der Waals surface area contributed by atoms with E-state index in [2.05, 4.69) is 24.1 Å². The summed E-state index contributed by atoms with van der Waals surface area (Å²) < 4.78 is 0. The van der Waals surface area contributed by atoms with E-state index in [0.29, 0.717) is 0 Å². The lowest BCUT2D eigenvalue weighted by atomic mass is 10.1. The molecule has 70 valence electrons. The predicted molar refractivity (Wildman–Crippen MR) is 51.2 cm³/mol. The molecule has 2 aliphatic rings. The molecule has 1 heterocycles. The van der Waals surface area contributed by atoms with Crippen molar-refractivity contribution in [3.05, 3.63) is 0 Å². The summed E-state index contributed by atoms with van der Waals surface area (Å²) in [5.74, 6) is 1.01. The predicted octanol–water partition coefficient (Wildman–Crippen LogP) is 1.08. The Kier molecular flexibility index (Phi) is 2.37. The SMILES string of the molecule is CC(C)N1CCNC(C2CC2)C1. The number of hydrogen-bond donors (Lipinski definition) is 1. The van der Waals surface area contributed by atoms with Crippen LogP contribution in [0.25, 0.3) is 0 Å². The fraction of sp³-hybridized carbons (Fsp3) is 1.00. The molecule has 0 spiro atoms. The highest BCUT2D eigenvalue weighted by molar-refractivity contribution is 4.91. The van der Waals surface area contributed by atoms with Crippen LogP contribution in [0.15, 0.2) is 0 Å². The third-order valence-electron chi connectivity index (χ3n) is 3.16. The molecule has 1 saturated carbocycles. The average molecular weight is 168 g/mol. The lowest BCUT2D eigenvalue weighted by molar-refractivity contribution is 0.153. The summed E-state index contributed by atoms with van der Waals surface area (Å²) in [6.07, 6.45) is 2.92. The minimum Gasteiger partial charge on any atom is -0.311 e. The molecule has 1 aliphatic heterocycles. The first-order valence-corrected chi connectivity index (χ1v) is 5.25. The Balaban J connectivity index is 1.85. The third kappa shape index (κ3) is 1.80. The van der Waals surface area contributed by atoms with Gasteiger partial charge >= 0.3 is 0 Å². The molecule has 1 unspecified atom stereocenters. The van der Waals surface area contributed by atoms with Crippen LogP contribution < -0.4 is 5.32 Å². The second kappa shape index (κ2) is 3.35. The fourth-order valence-corrected chi connectivity index (χ4v) is 2.09. The Labute approximate surface area is 75.3 Å². The van der Waals surface area contributed by atoms with Crippen LogP contribution >= 0.6 is 0 Å². The van der Waals surface area contributed by atoms with Crippen molar-refractivity contribution in [2.45, 2.75) is 38.8 Å². The first kappa shape index (κ1) is 8.52. The Morgan fingerprint density at radius 1 is 1.33 bits per heavy atom. The van der Waals surface area contributed by atoms with Crippen LogP contribution in [0.1, 0.15) is 26.7 Å². The zero-order chi connectivity index (χ0) is 8.55. The molecule has 1 saturated heterocycles. The van der Waals surface area contributed by atoms with E-state index < -0.39 is 0 Å². The van der Waals surface area contributed by atoms with Gasteiger partial charge in [0.1, 0.15) is 0 Å². The molecule has 0 aromatic rings. The zero-order valence-corrected chi connectivity index (χ0v) is 8.21. The highest BCUT2D eigenvalue weighted by atomic mass is 15.2. The number of piperazine rings is 1. The van der Waals surface area contributed by atoms with Gasteiger partial charge in [0.05, 0.1) is 0 Å². The number of hydrogen-bond acceptors (Lipinski definition) is 2. The van der Waals surface area contributed by atoms with E-state index >= 15 is 0 Å². The molecular weight excluding hydrogens is 148 g/mol. The molecule has 2 rings (SSSR count). The zero-order valence-electron chi connectivity index (χ0n) is 8.21. The van der Waals surface area contributed by atoms with Gasteiger partial charge in [-0.05, 0) is 32.6 Å². The van der Waals surface area contributed by atoms with Crippen LogP contribution in [-0.4, -0.2) is 36.6 Å². The highest BCUT2D eigenvalue weighted by Gasteiger charge is 2.34. The largest absolute Gasteiger partial charge is 0.311 e. The van der Waals surface area contributed by atoms with E-state index in [1.54, 1.807) is 0 Å². The van der Waals surface area contributed by atoms with E-state index in [9.17, 15) is 0 Å². The maximum absolute atomic E-state index is 3.62. The average Bonchev–Trinajstić information content (AvgIpc) is 2.87. The Bertz CT molecular complexity index is 144. The van der Waals surface area contributed by atoms with E-state index in [-0.39, 0.29) is 0 Å². The van der Waals surface area contributed by atoms with Crippen LogP contribution in [-0.2, 0) is 0 Å². The molecule has 0 aromatic heterocycles. The lowest BCUT2D eigenvalue weighted by Gasteiger charge is -2.36. The summed E-state index contributed by atoms with van der Waals surface area (Å²) in [6.45, 7) is 8.31. The van der Waals surface area contributed by atoms with Gasteiger partial charge in [0.2, 0.25) is 0 Å². The molecule has 1 aliphatic carbocycles. The maximum Gasteiger partial charge on any atom is 0.0223 e. The summed E-state index contributed by atoms with van der Waals surface area (Å²) in [4.78, 5) is 2.60. The summed E-state index contributed by atoms with van der Waals surface area (Å²) in [6, 6.07) is 1.54. The topological polar surface area (TPSA) is 15.3 Å². The summed E-state index contributed by atoms with van der Waals surface area (Å²) >= 11 is 0. The van der Waals surface area contributed by atoms with Crippen molar-refractivity contribution in [2.75, 3.05) is 19.6 Å². The summed E-state index contributed by atoms with van der Waals surface area (Å²) in [5, 5.41) is 3.62. The third-order valence-corrected chi connectivity index (χ3v) is 3.16. The second-order valence-corrected chi connectivity index (χ2v) is 4.49. The molecule has 0 bridgehead atoms. The van der Waals surface area contributed by atoms with Crippen LogP contribution in [0.3, 0.4) is 0 Å².